The normalized spacial score (nSPS) is 12.0. The van der Waals surface area contributed by atoms with Crippen molar-refractivity contribution in [3.05, 3.63) is 18.2 Å². The first-order chi connectivity index (χ1) is 6.59. The third-order valence-electron chi connectivity index (χ3n) is 1.46. The largest absolute Gasteiger partial charge is 0.480 e. The van der Waals surface area contributed by atoms with Gasteiger partial charge in [-0.3, -0.25) is 0 Å². The Morgan fingerprint density at radius 2 is 2.43 bits per heavy atom. The molecule has 0 aromatic carbocycles. The van der Waals surface area contributed by atoms with E-state index < -0.39 is 22.5 Å². The van der Waals surface area contributed by atoms with Gasteiger partial charge in [0.15, 0.2) is 6.04 Å². The zero-order valence-electron chi connectivity index (χ0n) is 6.91. The fraction of sp³-hybridized carbons (Fsp3) is 0.333. The smallest absolute Gasteiger partial charge is 0.330 e. The quantitative estimate of drug-likeness (QED) is 0.703. The van der Waals surface area contributed by atoms with Gasteiger partial charge in [-0.15, -0.1) is 0 Å². The molecule has 8 heteroatoms. The minimum absolute atomic E-state index is 0.0488. The first-order valence-electron chi connectivity index (χ1n) is 3.60. The number of aliphatic carboxylic acids is 1. The highest BCUT2D eigenvalue weighted by molar-refractivity contribution is 7.61. The molecular weight excluding hydrogens is 210 g/mol. The van der Waals surface area contributed by atoms with Crippen LogP contribution in [0.1, 0.15) is 5.69 Å². The van der Waals surface area contributed by atoms with Crippen LogP contribution in [0.4, 0.5) is 0 Å². The second kappa shape index (κ2) is 4.51. The van der Waals surface area contributed by atoms with E-state index in [1.165, 1.54) is 12.5 Å². The molecule has 14 heavy (non-hydrogen) atoms. The lowest BCUT2D eigenvalue weighted by atomic mass is 10.2. The van der Waals surface area contributed by atoms with Gasteiger partial charge in [-0.2, -0.15) is 12.8 Å². The van der Waals surface area contributed by atoms with Crippen molar-refractivity contribution in [3.8, 4) is 0 Å². The molecule has 1 unspecified atom stereocenters. The molecule has 0 bridgehead atoms. The third-order valence-corrected chi connectivity index (χ3v) is 1.88. The molecule has 0 fully saturated rings. The standard InChI is InChI=1S/C6H7N3O4S/c10-6(11)5(9-14(12)13)1-4-2-7-3-8-4/h2-3,5H,1H2,(H,7,8)(H,10,11). The lowest BCUT2D eigenvalue weighted by Crippen LogP contribution is -2.20. The Labute approximate surface area is 80.5 Å². The van der Waals surface area contributed by atoms with Gasteiger partial charge in [-0.25, -0.2) is 9.78 Å². The fourth-order valence-electron chi connectivity index (χ4n) is 0.874. The summed E-state index contributed by atoms with van der Waals surface area (Å²) in [6, 6.07) is -1.31. The van der Waals surface area contributed by atoms with Crippen LogP contribution in [0, 0.1) is 0 Å². The molecule has 0 aliphatic rings. The van der Waals surface area contributed by atoms with Crippen LogP contribution in [0.5, 0.6) is 0 Å². The minimum atomic E-state index is -2.72. The minimum Gasteiger partial charge on any atom is -0.480 e. The lowest BCUT2D eigenvalue weighted by Gasteiger charge is -2.00. The van der Waals surface area contributed by atoms with Crippen molar-refractivity contribution in [2.75, 3.05) is 0 Å². The molecule has 0 aliphatic carbocycles. The summed E-state index contributed by atoms with van der Waals surface area (Å²) >= 11 is 0. The molecule has 0 spiro atoms. The fourth-order valence-corrected chi connectivity index (χ4v) is 1.25. The maximum atomic E-state index is 10.6. The number of hydrogen-bond donors (Lipinski definition) is 2. The van der Waals surface area contributed by atoms with Crippen molar-refractivity contribution in [2.45, 2.75) is 12.5 Å². The summed E-state index contributed by atoms with van der Waals surface area (Å²) in [4.78, 5) is 16.9. The summed E-state index contributed by atoms with van der Waals surface area (Å²) in [5.74, 6) is -1.29. The van der Waals surface area contributed by atoms with Gasteiger partial charge in [0.25, 0.3) is 0 Å². The van der Waals surface area contributed by atoms with Gasteiger partial charge in [0.05, 0.1) is 12.0 Å². The molecule has 1 aromatic heterocycles. The van der Waals surface area contributed by atoms with Crippen LogP contribution in [0.3, 0.4) is 0 Å². The number of rotatable bonds is 4. The van der Waals surface area contributed by atoms with Crippen molar-refractivity contribution in [3.63, 3.8) is 0 Å². The molecule has 0 amide bonds. The summed E-state index contributed by atoms with van der Waals surface area (Å²) in [6.07, 6.45) is 2.81. The van der Waals surface area contributed by atoms with Gasteiger partial charge < -0.3 is 10.1 Å². The van der Waals surface area contributed by atoms with Gasteiger partial charge >= 0.3 is 16.5 Å². The van der Waals surface area contributed by atoms with E-state index in [1.807, 2.05) is 0 Å². The number of nitrogens with one attached hydrogen (secondary N) is 1. The third kappa shape index (κ3) is 2.98. The Kier molecular flexibility index (Phi) is 3.35. The van der Waals surface area contributed by atoms with E-state index in [0.29, 0.717) is 5.69 Å². The molecule has 0 saturated heterocycles. The zero-order chi connectivity index (χ0) is 10.6. The number of aromatic amines is 1. The van der Waals surface area contributed by atoms with Gasteiger partial charge in [0.2, 0.25) is 0 Å². The SMILES string of the molecule is O=C(O)C(Cc1c[nH]cn1)N=S(=O)=O. The number of nitrogens with zero attached hydrogens (tertiary/aromatic N) is 2. The maximum absolute atomic E-state index is 10.6. The van der Waals surface area contributed by atoms with Gasteiger partial charge in [-0.1, -0.05) is 0 Å². The lowest BCUT2D eigenvalue weighted by molar-refractivity contribution is -0.138. The first kappa shape index (κ1) is 10.4. The van der Waals surface area contributed by atoms with E-state index >= 15 is 0 Å². The van der Waals surface area contributed by atoms with Crippen LogP contribution in [-0.4, -0.2) is 35.5 Å². The monoisotopic (exact) mass is 217 g/mol. The predicted molar refractivity (Wildman–Crippen MR) is 45.1 cm³/mol. The summed E-state index contributed by atoms with van der Waals surface area (Å²) in [5.41, 5.74) is 0.451. The summed E-state index contributed by atoms with van der Waals surface area (Å²) in [6.45, 7) is 0. The topological polar surface area (TPSA) is 112 Å². The molecule has 1 heterocycles. The molecule has 2 N–H and O–H groups in total. The average Bonchev–Trinajstić information content (AvgIpc) is 2.54. The summed E-state index contributed by atoms with van der Waals surface area (Å²) in [7, 11) is -2.72. The number of aromatic nitrogens is 2. The van der Waals surface area contributed by atoms with Gasteiger partial charge in [-0.05, 0) is 0 Å². The molecule has 1 aromatic rings. The van der Waals surface area contributed by atoms with Crippen molar-refractivity contribution in [1.82, 2.24) is 9.97 Å². The van der Waals surface area contributed by atoms with Crippen LogP contribution < -0.4 is 0 Å². The Morgan fingerprint density at radius 1 is 1.71 bits per heavy atom. The Bertz CT molecular complexity index is 428. The van der Waals surface area contributed by atoms with Crippen LogP contribution in [0.25, 0.3) is 0 Å². The van der Waals surface area contributed by atoms with Crippen LogP contribution in [0.2, 0.25) is 0 Å². The number of carboxylic acid groups (broad SMARTS) is 1. The van der Waals surface area contributed by atoms with E-state index in [0.717, 1.165) is 0 Å². The molecule has 7 nitrogen and oxygen atoms in total. The Hall–Kier alpha value is -1.70. The molecule has 1 atom stereocenters. The predicted octanol–water partition coefficient (Wildman–Crippen LogP) is -0.532. The highest BCUT2D eigenvalue weighted by Crippen LogP contribution is 2.02. The van der Waals surface area contributed by atoms with Crippen LogP contribution in [-0.2, 0) is 21.7 Å². The molecule has 1 rings (SSSR count). The second-order valence-electron chi connectivity index (χ2n) is 2.44. The highest BCUT2D eigenvalue weighted by atomic mass is 32.2. The number of imidazole rings is 1. The first-order valence-corrected chi connectivity index (χ1v) is 4.63. The van der Waals surface area contributed by atoms with E-state index in [1.54, 1.807) is 0 Å². The zero-order valence-corrected chi connectivity index (χ0v) is 7.73. The van der Waals surface area contributed by atoms with Crippen molar-refractivity contribution >= 4 is 16.5 Å². The Balaban J connectivity index is 2.81. The number of carbonyl (C=O) groups is 1. The molecule has 0 saturated carbocycles. The summed E-state index contributed by atoms with van der Waals surface area (Å²) < 4.78 is 23.4. The van der Waals surface area contributed by atoms with E-state index in [-0.39, 0.29) is 6.42 Å². The second-order valence-corrected chi connectivity index (χ2v) is 3.09. The molecule has 76 valence electrons. The highest BCUT2D eigenvalue weighted by Gasteiger charge is 2.18. The molecule has 0 aliphatic heterocycles. The van der Waals surface area contributed by atoms with Gasteiger partial charge in [0.1, 0.15) is 0 Å². The molecular formula is C6H7N3O4S. The van der Waals surface area contributed by atoms with E-state index in [9.17, 15) is 13.2 Å². The van der Waals surface area contributed by atoms with Crippen molar-refractivity contribution < 1.29 is 18.3 Å². The van der Waals surface area contributed by atoms with Crippen molar-refractivity contribution in [2.24, 2.45) is 4.36 Å². The number of H-pyrrole nitrogens is 1. The van der Waals surface area contributed by atoms with Crippen LogP contribution >= 0.6 is 0 Å². The number of hydrogen-bond acceptors (Lipinski definition) is 5. The van der Waals surface area contributed by atoms with Crippen LogP contribution in [0.15, 0.2) is 16.9 Å². The number of carboxylic acids is 1. The summed E-state index contributed by atoms with van der Waals surface area (Å²) in [5, 5.41) is 8.62. The average molecular weight is 217 g/mol. The van der Waals surface area contributed by atoms with E-state index in [2.05, 4.69) is 14.3 Å². The van der Waals surface area contributed by atoms with Gasteiger partial charge in [0, 0.05) is 12.6 Å². The van der Waals surface area contributed by atoms with E-state index in [4.69, 9.17) is 5.11 Å². The maximum Gasteiger partial charge on any atom is 0.330 e. The van der Waals surface area contributed by atoms with Crippen molar-refractivity contribution in [1.29, 1.82) is 0 Å². The molecule has 0 radical (unpaired) electrons. The Morgan fingerprint density at radius 3 is 2.86 bits per heavy atom.